The first kappa shape index (κ1) is 11.0. The molecule has 1 heterocycles. The minimum Gasteiger partial charge on any atom is -0.385 e. The highest BCUT2D eigenvalue weighted by Gasteiger charge is 2.03. The lowest BCUT2D eigenvalue weighted by atomic mass is 10.2. The summed E-state index contributed by atoms with van der Waals surface area (Å²) in [5.41, 5.74) is 5.85. The number of hydrogen-bond acceptors (Lipinski definition) is 4. The molecule has 1 unspecified atom stereocenters. The second kappa shape index (κ2) is 5.62. The number of ether oxygens (including phenoxy) is 1. The van der Waals surface area contributed by atoms with Crippen LogP contribution in [0.2, 0.25) is 0 Å². The maximum Gasteiger partial charge on any atom is 0.123 e. The van der Waals surface area contributed by atoms with Crippen LogP contribution >= 0.6 is 0 Å². The molecule has 0 spiro atoms. The highest BCUT2D eigenvalue weighted by molar-refractivity contribution is 5.33. The van der Waals surface area contributed by atoms with Gasteiger partial charge in [0.25, 0.3) is 0 Å². The van der Waals surface area contributed by atoms with Crippen LogP contribution in [0.15, 0.2) is 12.3 Å². The van der Waals surface area contributed by atoms with Gasteiger partial charge in [-0.1, -0.05) is 0 Å². The van der Waals surface area contributed by atoms with Gasteiger partial charge in [-0.15, -0.1) is 0 Å². The van der Waals surface area contributed by atoms with Crippen molar-refractivity contribution in [3.05, 3.63) is 12.3 Å². The Morgan fingerprint density at radius 3 is 3.07 bits per heavy atom. The summed E-state index contributed by atoms with van der Waals surface area (Å²) in [7, 11) is 3.57. The summed E-state index contributed by atoms with van der Waals surface area (Å²) >= 11 is 0. The second-order valence-electron chi connectivity index (χ2n) is 3.26. The number of aromatic nitrogens is 2. The largest absolute Gasteiger partial charge is 0.385 e. The maximum absolute atomic E-state index is 5.85. The summed E-state index contributed by atoms with van der Waals surface area (Å²) in [5.74, 6) is 0.984. The van der Waals surface area contributed by atoms with Gasteiger partial charge < -0.3 is 15.8 Å². The van der Waals surface area contributed by atoms with Gasteiger partial charge in [-0.05, 0) is 6.42 Å². The molecule has 1 rings (SSSR count). The zero-order chi connectivity index (χ0) is 10.4. The molecule has 0 fully saturated rings. The lowest BCUT2D eigenvalue weighted by molar-refractivity contribution is 0.189. The van der Waals surface area contributed by atoms with E-state index in [-0.39, 0.29) is 6.04 Å². The van der Waals surface area contributed by atoms with Crippen LogP contribution in [0.1, 0.15) is 6.42 Å². The van der Waals surface area contributed by atoms with E-state index in [1.54, 1.807) is 18.0 Å². The summed E-state index contributed by atoms with van der Waals surface area (Å²) in [5, 5.41) is 7.27. The number of methoxy groups -OCH3 is 1. The van der Waals surface area contributed by atoms with Gasteiger partial charge in [0, 0.05) is 39.4 Å². The standard InChI is InChI=1S/C9H18N4O/c1-13-9(3-5-12-13)11-7-8(10)4-6-14-2/h3,5,8,11H,4,6-7,10H2,1-2H3. The minimum atomic E-state index is 0.116. The summed E-state index contributed by atoms with van der Waals surface area (Å²) in [6, 6.07) is 2.04. The second-order valence-corrected chi connectivity index (χ2v) is 3.26. The Bertz CT molecular complexity index is 261. The molecular formula is C9H18N4O. The third kappa shape index (κ3) is 3.35. The Balaban J connectivity index is 2.23. The first-order chi connectivity index (χ1) is 6.74. The van der Waals surface area contributed by atoms with Crippen LogP contribution in [-0.4, -0.2) is 36.1 Å². The van der Waals surface area contributed by atoms with E-state index < -0.39 is 0 Å². The fourth-order valence-corrected chi connectivity index (χ4v) is 1.15. The van der Waals surface area contributed by atoms with Crippen LogP contribution in [0.5, 0.6) is 0 Å². The van der Waals surface area contributed by atoms with Gasteiger partial charge in [-0.3, -0.25) is 4.68 Å². The van der Waals surface area contributed by atoms with Crippen LogP contribution in [0, 0.1) is 0 Å². The number of rotatable bonds is 6. The fourth-order valence-electron chi connectivity index (χ4n) is 1.15. The third-order valence-electron chi connectivity index (χ3n) is 2.06. The molecule has 0 aromatic carbocycles. The van der Waals surface area contributed by atoms with Crippen LogP contribution in [0.25, 0.3) is 0 Å². The molecular weight excluding hydrogens is 180 g/mol. The lowest BCUT2D eigenvalue weighted by Crippen LogP contribution is -2.30. The van der Waals surface area contributed by atoms with E-state index >= 15 is 0 Å². The van der Waals surface area contributed by atoms with Crippen molar-refractivity contribution in [3.63, 3.8) is 0 Å². The zero-order valence-corrected chi connectivity index (χ0v) is 8.73. The van der Waals surface area contributed by atoms with E-state index in [2.05, 4.69) is 10.4 Å². The first-order valence-corrected chi connectivity index (χ1v) is 4.70. The molecule has 0 radical (unpaired) electrons. The molecule has 1 aromatic rings. The lowest BCUT2D eigenvalue weighted by Gasteiger charge is -2.12. The monoisotopic (exact) mass is 198 g/mol. The zero-order valence-electron chi connectivity index (χ0n) is 8.73. The molecule has 5 heteroatoms. The van der Waals surface area contributed by atoms with Crippen molar-refractivity contribution in [1.82, 2.24) is 9.78 Å². The van der Waals surface area contributed by atoms with E-state index in [4.69, 9.17) is 10.5 Å². The van der Waals surface area contributed by atoms with Gasteiger partial charge in [-0.25, -0.2) is 0 Å². The normalized spacial score (nSPS) is 12.8. The predicted octanol–water partition coefficient (Wildman–Crippen LogP) is 0.196. The van der Waals surface area contributed by atoms with E-state index in [0.29, 0.717) is 6.61 Å². The summed E-state index contributed by atoms with van der Waals surface area (Å²) in [6.07, 6.45) is 2.62. The summed E-state index contributed by atoms with van der Waals surface area (Å²) in [6.45, 7) is 1.44. The number of nitrogens with zero attached hydrogens (tertiary/aromatic N) is 2. The SMILES string of the molecule is COCCC(N)CNc1ccnn1C. The number of hydrogen-bond donors (Lipinski definition) is 2. The molecule has 0 aliphatic rings. The van der Waals surface area contributed by atoms with Gasteiger partial charge in [0.1, 0.15) is 5.82 Å². The Hall–Kier alpha value is -1.07. The van der Waals surface area contributed by atoms with Crippen LogP contribution in [0.3, 0.4) is 0 Å². The molecule has 0 saturated carbocycles. The number of anilines is 1. The predicted molar refractivity (Wildman–Crippen MR) is 56.2 cm³/mol. The van der Waals surface area contributed by atoms with Crippen molar-refractivity contribution >= 4 is 5.82 Å². The molecule has 80 valence electrons. The van der Waals surface area contributed by atoms with Crippen molar-refractivity contribution in [2.24, 2.45) is 12.8 Å². The molecule has 1 atom stereocenters. The van der Waals surface area contributed by atoms with Crippen LogP contribution in [0.4, 0.5) is 5.82 Å². The van der Waals surface area contributed by atoms with E-state index in [1.807, 2.05) is 13.1 Å². The van der Waals surface area contributed by atoms with E-state index in [9.17, 15) is 0 Å². The van der Waals surface area contributed by atoms with Crippen molar-refractivity contribution in [2.45, 2.75) is 12.5 Å². The van der Waals surface area contributed by atoms with Gasteiger partial charge in [-0.2, -0.15) is 5.10 Å². The van der Waals surface area contributed by atoms with Crippen molar-refractivity contribution < 1.29 is 4.74 Å². The maximum atomic E-state index is 5.85. The summed E-state index contributed by atoms with van der Waals surface area (Å²) in [4.78, 5) is 0. The molecule has 0 aliphatic heterocycles. The van der Waals surface area contributed by atoms with Crippen LogP contribution in [-0.2, 0) is 11.8 Å². The van der Waals surface area contributed by atoms with Crippen molar-refractivity contribution in [2.75, 3.05) is 25.6 Å². The molecule has 0 bridgehead atoms. The Labute approximate surface area is 84.2 Å². The topological polar surface area (TPSA) is 65.1 Å². The van der Waals surface area contributed by atoms with Gasteiger partial charge >= 0.3 is 0 Å². The fraction of sp³-hybridized carbons (Fsp3) is 0.667. The third-order valence-corrected chi connectivity index (χ3v) is 2.06. The molecule has 1 aromatic heterocycles. The molecule has 14 heavy (non-hydrogen) atoms. The van der Waals surface area contributed by atoms with Crippen molar-refractivity contribution in [1.29, 1.82) is 0 Å². The van der Waals surface area contributed by atoms with E-state index in [1.165, 1.54) is 0 Å². The van der Waals surface area contributed by atoms with E-state index in [0.717, 1.165) is 18.8 Å². The number of nitrogens with one attached hydrogen (secondary N) is 1. The smallest absolute Gasteiger partial charge is 0.123 e. The quantitative estimate of drug-likeness (QED) is 0.685. The average Bonchev–Trinajstić information content (AvgIpc) is 2.58. The molecule has 0 saturated heterocycles. The van der Waals surface area contributed by atoms with Crippen molar-refractivity contribution in [3.8, 4) is 0 Å². The number of nitrogens with two attached hydrogens (primary N) is 1. The first-order valence-electron chi connectivity index (χ1n) is 4.70. The summed E-state index contributed by atoms with van der Waals surface area (Å²) < 4.78 is 6.73. The van der Waals surface area contributed by atoms with Crippen LogP contribution < -0.4 is 11.1 Å². The highest BCUT2D eigenvalue weighted by atomic mass is 16.5. The average molecular weight is 198 g/mol. The molecule has 0 aliphatic carbocycles. The highest BCUT2D eigenvalue weighted by Crippen LogP contribution is 2.03. The molecule has 0 amide bonds. The molecule has 3 N–H and O–H groups in total. The van der Waals surface area contributed by atoms with Gasteiger partial charge in [0.2, 0.25) is 0 Å². The molecule has 5 nitrogen and oxygen atoms in total. The minimum absolute atomic E-state index is 0.116. The Morgan fingerprint density at radius 2 is 2.50 bits per heavy atom. The van der Waals surface area contributed by atoms with Gasteiger partial charge in [0.05, 0.1) is 6.20 Å². The van der Waals surface area contributed by atoms with Gasteiger partial charge in [0.15, 0.2) is 0 Å². The number of aryl methyl sites for hydroxylation is 1. The Morgan fingerprint density at radius 1 is 1.71 bits per heavy atom. The Kier molecular flexibility index (Phi) is 4.42.